The van der Waals surface area contributed by atoms with Gasteiger partial charge in [-0.1, -0.05) is 152 Å². The first kappa shape index (κ1) is 28.1. The van der Waals surface area contributed by atoms with Gasteiger partial charge in [-0.2, -0.15) is 0 Å². The largest absolute Gasteiger partial charge is 0.317 e. The van der Waals surface area contributed by atoms with Gasteiger partial charge >= 0.3 is 0 Å². The average Bonchev–Trinajstić information content (AvgIpc) is 3.87. The second-order valence-corrected chi connectivity index (χ2v) is 14.3. The Labute approximate surface area is 299 Å². The first-order valence-corrected chi connectivity index (χ1v) is 18.2. The Bertz CT molecular complexity index is 3240. The average molecular weight is 666 g/mol. The summed E-state index contributed by atoms with van der Waals surface area (Å²) in [7, 11) is 0. The van der Waals surface area contributed by atoms with Crippen LogP contribution in [0.5, 0.6) is 0 Å². The summed E-state index contributed by atoms with van der Waals surface area (Å²) in [6.07, 6.45) is 2.26. The van der Waals surface area contributed by atoms with Crippen molar-refractivity contribution in [3.63, 3.8) is 0 Å². The maximum Gasteiger partial charge on any atom is 0.245 e. The number of hydrogen-bond acceptors (Lipinski definition) is 1. The predicted octanol–water partition coefficient (Wildman–Crippen LogP) is 10.7. The van der Waals surface area contributed by atoms with Crippen LogP contribution >= 0.6 is 0 Å². The van der Waals surface area contributed by atoms with E-state index in [1.165, 1.54) is 92.6 Å². The van der Waals surface area contributed by atoms with Crippen molar-refractivity contribution in [2.24, 2.45) is 0 Å². The van der Waals surface area contributed by atoms with E-state index in [-0.39, 0.29) is 12.3 Å². The molecule has 1 aliphatic rings. The lowest BCUT2D eigenvalue weighted by Gasteiger charge is -2.31. The Kier molecular flexibility index (Phi) is 5.65. The zero-order valence-electron chi connectivity index (χ0n) is 28.3. The van der Waals surface area contributed by atoms with Gasteiger partial charge in [0.2, 0.25) is 6.29 Å². The quantitative estimate of drug-likeness (QED) is 0.194. The van der Waals surface area contributed by atoms with Gasteiger partial charge in [0, 0.05) is 49.7 Å². The standard InChI is InChI=1S/C48H32N4/c1-3-15-30(16-4-1)38-28-39(31-17-5-2-6-18-31)50-48(49-38)52-40-25-12-11-22-35(40)43-33-20-9-10-21-34(33)44-37-24-13-23-36-42-32-19-8-7-14-29(32)26-27-41(42)51(45(36)37)46(44)47(43)52/h1-28,38,48-50H/p+1. The van der Waals surface area contributed by atoms with Crippen molar-refractivity contribution < 1.29 is 5.32 Å². The van der Waals surface area contributed by atoms with Gasteiger partial charge in [0.05, 0.1) is 27.6 Å². The molecule has 3 aromatic heterocycles. The maximum atomic E-state index is 4.06. The summed E-state index contributed by atoms with van der Waals surface area (Å²) in [5, 5.41) is 19.5. The fourth-order valence-corrected chi connectivity index (χ4v) is 9.50. The smallest absolute Gasteiger partial charge is 0.245 e. The van der Waals surface area contributed by atoms with E-state index in [2.05, 4.69) is 189 Å². The molecule has 8 aromatic carbocycles. The summed E-state index contributed by atoms with van der Waals surface area (Å²) in [6.45, 7) is 0. The van der Waals surface area contributed by atoms with Crippen molar-refractivity contribution in [1.82, 2.24) is 14.3 Å². The minimum atomic E-state index is -0.125. The molecule has 0 fully saturated rings. The van der Waals surface area contributed by atoms with Crippen LogP contribution in [0.25, 0.3) is 87.1 Å². The molecule has 4 heteroatoms. The van der Waals surface area contributed by atoms with Crippen LogP contribution in [0.3, 0.4) is 0 Å². The first-order chi connectivity index (χ1) is 25.8. The highest BCUT2D eigenvalue weighted by Crippen LogP contribution is 2.49. The van der Waals surface area contributed by atoms with Crippen LogP contribution in [0, 0.1) is 0 Å². The van der Waals surface area contributed by atoms with Crippen molar-refractivity contribution >= 4 is 87.1 Å². The van der Waals surface area contributed by atoms with Crippen molar-refractivity contribution in [1.29, 1.82) is 0 Å². The molecule has 4 heterocycles. The third-order valence-electron chi connectivity index (χ3n) is 11.6. The number of rotatable bonds is 3. The van der Waals surface area contributed by atoms with E-state index in [9.17, 15) is 0 Å². The molecule has 0 saturated heterocycles. The molecule has 0 radical (unpaired) electrons. The SMILES string of the molecule is C1=C(c2ccccc2)NC(n2c3ccccc3c3c4ccccc4c4c5cccc6c7c8ccccc8ccc7n(c65)c4c32)[NH2+]C1c1ccccc1. The lowest BCUT2D eigenvalue weighted by Crippen LogP contribution is -2.91. The summed E-state index contributed by atoms with van der Waals surface area (Å²) < 4.78 is 5.20. The zero-order chi connectivity index (χ0) is 33.9. The fourth-order valence-electron chi connectivity index (χ4n) is 9.50. The molecular weight excluding hydrogens is 633 g/mol. The van der Waals surface area contributed by atoms with Gasteiger partial charge in [0.15, 0.2) is 0 Å². The van der Waals surface area contributed by atoms with Crippen LogP contribution in [0.2, 0.25) is 0 Å². The number of quaternary nitrogens is 1. The molecule has 4 nitrogen and oxygen atoms in total. The Hall–Kier alpha value is -6.62. The van der Waals surface area contributed by atoms with E-state index in [4.69, 9.17) is 0 Å². The number of benzene rings is 8. The molecule has 0 bridgehead atoms. The highest BCUT2D eigenvalue weighted by Gasteiger charge is 2.33. The monoisotopic (exact) mass is 665 g/mol. The number of aromatic nitrogens is 2. The predicted molar refractivity (Wildman–Crippen MR) is 217 cm³/mol. The molecule has 1 aliphatic heterocycles. The molecule has 0 amide bonds. The number of nitrogens with two attached hydrogens (primary N) is 1. The molecule has 0 spiro atoms. The number of nitrogens with zero attached hydrogens (tertiary/aromatic N) is 2. The third kappa shape index (κ3) is 3.69. The second kappa shape index (κ2) is 10.5. The summed E-state index contributed by atoms with van der Waals surface area (Å²) >= 11 is 0. The number of nitrogens with one attached hydrogen (secondary N) is 1. The van der Waals surface area contributed by atoms with E-state index < -0.39 is 0 Å². The van der Waals surface area contributed by atoms with Gasteiger partial charge in [-0.3, -0.25) is 9.88 Å². The Morgan fingerprint density at radius 1 is 0.442 bits per heavy atom. The van der Waals surface area contributed by atoms with Crippen LogP contribution in [0.1, 0.15) is 23.5 Å². The van der Waals surface area contributed by atoms with Gasteiger partial charge < -0.3 is 9.72 Å². The van der Waals surface area contributed by atoms with Crippen molar-refractivity contribution in [2.75, 3.05) is 0 Å². The number of fused-ring (bicyclic) bond motifs is 15. The second-order valence-electron chi connectivity index (χ2n) is 14.3. The van der Waals surface area contributed by atoms with Crippen LogP contribution in [-0.2, 0) is 0 Å². The molecule has 52 heavy (non-hydrogen) atoms. The molecule has 244 valence electrons. The van der Waals surface area contributed by atoms with Crippen LogP contribution in [-0.4, -0.2) is 8.97 Å². The molecular formula is C48H33N4+. The highest BCUT2D eigenvalue weighted by atomic mass is 15.3. The van der Waals surface area contributed by atoms with Crippen LogP contribution in [0.4, 0.5) is 0 Å². The molecule has 2 atom stereocenters. The minimum absolute atomic E-state index is 0.120. The van der Waals surface area contributed by atoms with E-state index >= 15 is 0 Å². The summed E-state index contributed by atoms with van der Waals surface area (Å²) in [4.78, 5) is 0. The fraction of sp³-hybridized carbons (Fsp3) is 0.0417. The van der Waals surface area contributed by atoms with E-state index in [1.807, 2.05) is 0 Å². The van der Waals surface area contributed by atoms with Gasteiger partial charge in [-0.05, 0) is 39.2 Å². The molecule has 3 N–H and O–H groups in total. The van der Waals surface area contributed by atoms with Gasteiger partial charge in [-0.25, -0.2) is 0 Å². The van der Waals surface area contributed by atoms with Gasteiger partial charge in [0.25, 0.3) is 0 Å². The minimum Gasteiger partial charge on any atom is -0.317 e. The van der Waals surface area contributed by atoms with Crippen LogP contribution < -0.4 is 10.6 Å². The summed E-state index contributed by atoms with van der Waals surface area (Å²) in [5.74, 6) is 0. The molecule has 0 saturated carbocycles. The normalized spacial score (nSPS) is 16.7. The Morgan fingerprint density at radius 3 is 1.85 bits per heavy atom. The molecule has 12 rings (SSSR count). The zero-order valence-corrected chi connectivity index (χ0v) is 28.3. The topological polar surface area (TPSA) is 38.0 Å². The first-order valence-electron chi connectivity index (χ1n) is 18.2. The molecule has 2 unspecified atom stereocenters. The van der Waals surface area contributed by atoms with Gasteiger partial charge in [0.1, 0.15) is 6.04 Å². The van der Waals surface area contributed by atoms with E-state index in [0.717, 1.165) is 5.70 Å². The van der Waals surface area contributed by atoms with E-state index in [1.54, 1.807) is 0 Å². The lowest BCUT2D eigenvalue weighted by molar-refractivity contribution is -0.744. The number of hydrogen-bond donors (Lipinski definition) is 2. The molecule has 0 aliphatic carbocycles. The Morgan fingerprint density at radius 2 is 1.06 bits per heavy atom. The van der Waals surface area contributed by atoms with Crippen molar-refractivity contribution in [3.05, 3.63) is 181 Å². The van der Waals surface area contributed by atoms with Gasteiger partial charge in [-0.15, -0.1) is 0 Å². The third-order valence-corrected chi connectivity index (χ3v) is 11.6. The van der Waals surface area contributed by atoms with Crippen LogP contribution in [0.15, 0.2) is 170 Å². The lowest BCUT2D eigenvalue weighted by atomic mass is 9.97. The van der Waals surface area contributed by atoms with Crippen molar-refractivity contribution in [3.8, 4) is 0 Å². The molecule has 11 aromatic rings. The van der Waals surface area contributed by atoms with Crippen molar-refractivity contribution in [2.45, 2.75) is 12.3 Å². The summed E-state index contributed by atoms with van der Waals surface area (Å²) in [6, 6.07) is 60.3. The summed E-state index contributed by atoms with van der Waals surface area (Å²) in [5.41, 5.74) is 9.92. The Balaban J connectivity index is 1.28. The highest BCUT2D eigenvalue weighted by molar-refractivity contribution is 6.39. The maximum absolute atomic E-state index is 4.06. The van der Waals surface area contributed by atoms with E-state index in [0.29, 0.717) is 0 Å². The number of para-hydroxylation sites is 2.